The van der Waals surface area contributed by atoms with Crippen LogP contribution in [-0.4, -0.2) is 18.2 Å². The summed E-state index contributed by atoms with van der Waals surface area (Å²) in [6, 6.07) is 17.5. The van der Waals surface area contributed by atoms with Gasteiger partial charge in [0.15, 0.2) is 5.56 Å². The third-order valence-electron chi connectivity index (χ3n) is 3.70. The molecule has 0 bridgehead atoms. The minimum Gasteiger partial charge on any atom is -0.465 e. The summed E-state index contributed by atoms with van der Waals surface area (Å²) in [5.74, 6) is -0.178. The first-order valence-electron chi connectivity index (χ1n) is 7.62. The molecule has 5 nitrogen and oxygen atoms in total. The minimum absolute atomic E-state index is 0.302. The highest BCUT2D eigenvalue weighted by Gasteiger charge is 2.24. The van der Waals surface area contributed by atoms with Crippen LogP contribution >= 0.6 is 0 Å². The monoisotopic (exact) mass is 322 g/mol. The Morgan fingerprint density at radius 1 is 1.12 bits per heavy atom. The number of hydrogen-bond donors (Lipinski definition) is 1. The van der Waals surface area contributed by atoms with Crippen molar-refractivity contribution in [1.29, 1.82) is 0 Å². The van der Waals surface area contributed by atoms with Crippen LogP contribution in [0.15, 0.2) is 59.1 Å². The number of anilines is 1. The molecular weight excluding hydrogens is 304 g/mol. The van der Waals surface area contributed by atoms with Crippen LogP contribution in [0.3, 0.4) is 0 Å². The number of carbonyl (C=O) groups is 1. The van der Waals surface area contributed by atoms with Gasteiger partial charge < -0.3 is 14.6 Å². The van der Waals surface area contributed by atoms with E-state index < -0.39 is 5.97 Å². The van der Waals surface area contributed by atoms with Crippen LogP contribution in [0.25, 0.3) is 11.3 Å². The van der Waals surface area contributed by atoms with Crippen molar-refractivity contribution in [3.8, 4) is 11.3 Å². The molecule has 122 valence electrons. The van der Waals surface area contributed by atoms with E-state index in [1.54, 1.807) is 0 Å². The summed E-state index contributed by atoms with van der Waals surface area (Å²) in [5, 5.41) is 7.17. The maximum Gasteiger partial charge on any atom is 0.345 e. The van der Waals surface area contributed by atoms with E-state index in [0.29, 0.717) is 23.7 Å². The summed E-state index contributed by atoms with van der Waals surface area (Å²) >= 11 is 0. The molecule has 0 atom stereocenters. The SMILES string of the molecule is COC(=O)c1c(-c2ccccc2)noc1NCc1ccc(C)cc1. The second-order valence-electron chi connectivity index (χ2n) is 5.43. The number of aromatic nitrogens is 1. The normalized spacial score (nSPS) is 10.4. The van der Waals surface area contributed by atoms with Crippen LogP contribution in [0.5, 0.6) is 0 Å². The van der Waals surface area contributed by atoms with Gasteiger partial charge in [-0.25, -0.2) is 4.79 Å². The zero-order chi connectivity index (χ0) is 16.9. The van der Waals surface area contributed by atoms with Gasteiger partial charge in [0.05, 0.1) is 7.11 Å². The van der Waals surface area contributed by atoms with Gasteiger partial charge in [0.1, 0.15) is 5.69 Å². The zero-order valence-corrected chi connectivity index (χ0v) is 13.6. The van der Waals surface area contributed by atoms with Crippen molar-refractivity contribution >= 4 is 11.9 Å². The lowest BCUT2D eigenvalue weighted by atomic mass is 10.1. The second-order valence-corrected chi connectivity index (χ2v) is 5.43. The quantitative estimate of drug-likeness (QED) is 0.718. The third-order valence-corrected chi connectivity index (χ3v) is 3.70. The Balaban J connectivity index is 1.89. The van der Waals surface area contributed by atoms with Crippen molar-refractivity contribution in [2.75, 3.05) is 12.4 Å². The standard InChI is InChI=1S/C19H18N2O3/c1-13-8-10-14(11-9-13)12-20-18-16(19(22)23-2)17(21-24-18)15-6-4-3-5-7-15/h3-11,20H,12H2,1-2H3. The molecule has 0 radical (unpaired) electrons. The highest BCUT2D eigenvalue weighted by atomic mass is 16.5. The van der Waals surface area contributed by atoms with Gasteiger partial charge in [0.25, 0.3) is 0 Å². The van der Waals surface area contributed by atoms with Crippen LogP contribution in [0.1, 0.15) is 21.5 Å². The molecule has 0 unspecified atom stereocenters. The summed E-state index contributed by atoms with van der Waals surface area (Å²) in [7, 11) is 1.34. The van der Waals surface area contributed by atoms with E-state index in [2.05, 4.69) is 10.5 Å². The van der Waals surface area contributed by atoms with E-state index in [0.717, 1.165) is 11.1 Å². The largest absolute Gasteiger partial charge is 0.465 e. The molecule has 5 heteroatoms. The smallest absolute Gasteiger partial charge is 0.345 e. The minimum atomic E-state index is -0.485. The number of carbonyl (C=O) groups excluding carboxylic acids is 1. The molecule has 0 fully saturated rings. The number of hydrogen-bond acceptors (Lipinski definition) is 5. The number of esters is 1. The molecule has 1 aromatic heterocycles. The fourth-order valence-electron chi connectivity index (χ4n) is 2.38. The van der Waals surface area contributed by atoms with Crippen LogP contribution in [0.4, 0.5) is 5.88 Å². The van der Waals surface area contributed by atoms with Crippen molar-refractivity contribution in [2.45, 2.75) is 13.5 Å². The molecule has 0 aliphatic rings. The average molecular weight is 322 g/mol. The van der Waals surface area contributed by atoms with Crippen LogP contribution < -0.4 is 5.32 Å². The highest BCUT2D eigenvalue weighted by molar-refractivity contribution is 6.00. The number of nitrogens with one attached hydrogen (secondary N) is 1. The lowest BCUT2D eigenvalue weighted by Crippen LogP contribution is -2.07. The van der Waals surface area contributed by atoms with E-state index in [9.17, 15) is 4.79 Å². The number of methoxy groups -OCH3 is 1. The number of rotatable bonds is 5. The number of ether oxygens (including phenoxy) is 1. The Labute approximate surface area is 140 Å². The van der Waals surface area contributed by atoms with Crippen molar-refractivity contribution in [1.82, 2.24) is 5.16 Å². The predicted molar refractivity (Wildman–Crippen MR) is 91.8 cm³/mol. The molecule has 0 aliphatic carbocycles. The summed E-state index contributed by atoms with van der Waals surface area (Å²) in [5.41, 5.74) is 3.84. The maximum absolute atomic E-state index is 12.2. The van der Waals surface area contributed by atoms with E-state index in [-0.39, 0.29) is 0 Å². The zero-order valence-electron chi connectivity index (χ0n) is 13.6. The molecule has 0 saturated carbocycles. The number of nitrogens with zero attached hydrogens (tertiary/aromatic N) is 1. The summed E-state index contributed by atoms with van der Waals surface area (Å²) in [4.78, 5) is 12.2. The molecular formula is C19H18N2O3. The first kappa shape index (κ1) is 15.8. The number of benzene rings is 2. The average Bonchev–Trinajstić information content (AvgIpc) is 3.05. The first-order valence-corrected chi connectivity index (χ1v) is 7.62. The highest BCUT2D eigenvalue weighted by Crippen LogP contribution is 2.29. The van der Waals surface area contributed by atoms with Crippen LogP contribution in [-0.2, 0) is 11.3 Å². The summed E-state index contributed by atoms with van der Waals surface area (Å²) < 4.78 is 10.2. The molecule has 3 rings (SSSR count). The van der Waals surface area contributed by atoms with Crippen LogP contribution in [0.2, 0.25) is 0 Å². The molecule has 0 aliphatic heterocycles. The Morgan fingerprint density at radius 2 is 1.83 bits per heavy atom. The van der Waals surface area contributed by atoms with Crippen LogP contribution in [0, 0.1) is 6.92 Å². The van der Waals surface area contributed by atoms with E-state index in [1.165, 1.54) is 12.7 Å². The lowest BCUT2D eigenvalue weighted by molar-refractivity contribution is 0.0602. The topological polar surface area (TPSA) is 64.4 Å². The van der Waals surface area contributed by atoms with Crippen molar-refractivity contribution < 1.29 is 14.1 Å². The Kier molecular flexibility index (Phi) is 4.61. The maximum atomic E-state index is 12.2. The predicted octanol–water partition coefficient (Wildman–Crippen LogP) is 4.05. The molecule has 2 aromatic carbocycles. The molecule has 3 aromatic rings. The molecule has 24 heavy (non-hydrogen) atoms. The fraction of sp³-hybridized carbons (Fsp3) is 0.158. The number of aryl methyl sites for hydroxylation is 1. The first-order chi connectivity index (χ1) is 11.7. The van der Waals surface area contributed by atoms with E-state index >= 15 is 0 Å². The Morgan fingerprint density at radius 3 is 2.50 bits per heavy atom. The van der Waals surface area contributed by atoms with Crippen molar-refractivity contribution in [3.63, 3.8) is 0 Å². The fourth-order valence-corrected chi connectivity index (χ4v) is 2.38. The van der Waals surface area contributed by atoms with E-state index in [4.69, 9.17) is 9.26 Å². The van der Waals surface area contributed by atoms with Gasteiger partial charge in [0.2, 0.25) is 5.88 Å². The molecule has 1 heterocycles. The van der Waals surface area contributed by atoms with Crippen molar-refractivity contribution in [2.24, 2.45) is 0 Å². The Hall–Kier alpha value is -3.08. The van der Waals surface area contributed by atoms with Gasteiger partial charge in [-0.1, -0.05) is 65.3 Å². The molecule has 0 amide bonds. The lowest BCUT2D eigenvalue weighted by Gasteiger charge is -2.06. The molecule has 1 N–H and O–H groups in total. The summed E-state index contributed by atoms with van der Waals surface area (Å²) in [6.45, 7) is 2.56. The second kappa shape index (κ2) is 7.00. The third kappa shape index (κ3) is 3.30. The van der Waals surface area contributed by atoms with Gasteiger partial charge in [-0.3, -0.25) is 0 Å². The van der Waals surface area contributed by atoms with E-state index in [1.807, 2.05) is 61.5 Å². The van der Waals surface area contributed by atoms with Gasteiger partial charge >= 0.3 is 5.97 Å². The summed E-state index contributed by atoms with van der Waals surface area (Å²) in [6.07, 6.45) is 0. The van der Waals surface area contributed by atoms with Gasteiger partial charge in [-0.2, -0.15) is 0 Å². The van der Waals surface area contributed by atoms with Crippen molar-refractivity contribution in [3.05, 3.63) is 71.3 Å². The van der Waals surface area contributed by atoms with Gasteiger partial charge in [-0.15, -0.1) is 0 Å². The van der Waals surface area contributed by atoms with Gasteiger partial charge in [0, 0.05) is 12.1 Å². The van der Waals surface area contributed by atoms with Gasteiger partial charge in [-0.05, 0) is 12.5 Å². The Bertz CT molecular complexity index is 824. The molecule has 0 spiro atoms. The molecule has 0 saturated heterocycles.